The molecule has 0 atom stereocenters. The lowest BCUT2D eigenvalue weighted by Gasteiger charge is -2.10. The minimum atomic E-state index is 0.300. The largest absolute Gasteiger partial charge is 0.490 e. The molecule has 2 aromatic rings. The molecule has 0 N–H and O–H groups in total. The van der Waals surface area contributed by atoms with Crippen LogP contribution in [0.2, 0.25) is 5.15 Å². The Morgan fingerprint density at radius 2 is 2.18 bits per heavy atom. The van der Waals surface area contributed by atoms with Crippen molar-refractivity contribution in [2.45, 2.75) is 19.8 Å². The van der Waals surface area contributed by atoms with Gasteiger partial charge in [0, 0.05) is 18.8 Å². The molecule has 17 heavy (non-hydrogen) atoms. The quantitative estimate of drug-likeness (QED) is 0.784. The molecule has 0 saturated carbocycles. The highest BCUT2D eigenvalue weighted by molar-refractivity contribution is 6.31. The van der Waals surface area contributed by atoms with Gasteiger partial charge in [0.25, 0.3) is 0 Å². The van der Waals surface area contributed by atoms with Crippen LogP contribution in [-0.2, 0) is 6.42 Å². The lowest BCUT2D eigenvalue weighted by molar-refractivity contribution is 0.408. The summed E-state index contributed by atoms with van der Waals surface area (Å²) < 4.78 is 7.10. The minimum absolute atomic E-state index is 0.300. The fourth-order valence-corrected chi connectivity index (χ4v) is 1.83. The smallest absolute Gasteiger partial charge is 0.199 e. The van der Waals surface area contributed by atoms with Crippen molar-refractivity contribution in [1.82, 2.24) is 19.5 Å². The van der Waals surface area contributed by atoms with Crippen LogP contribution in [0, 0.1) is 0 Å². The van der Waals surface area contributed by atoms with Crippen LogP contribution < -0.4 is 4.74 Å². The van der Waals surface area contributed by atoms with E-state index in [9.17, 15) is 0 Å². The second-order valence-corrected chi connectivity index (χ2v) is 3.84. The molecule has 0 radical (unpaired) electrons. The maximum Gasteiger partial charge on any atom is 0.199 e. The topological polar surface area (TPSA) is 52.8 Å². The highest BCUT2D eigenvalue weighted by atomic mass is 35.5. The molecule has 2 aromatic heterocycles. The van der Waals surface area contributed by atoms with E-state index in [4.69, 9.17) is 16.3 Å². The predicted octanol–water partition coefficient (Wildman–Crippen LogP) is 2.28. The maximum absolute atomic E-state index is 5.97. The summed E-state index contributed by atoms with van der Waals surface area (Å²) in [6, 6.07) is 0. The Morgan fingerprint density at radius 1 is 1.35 bits per heavy atom. The van der Waals surface area contributed by atoms with Crippen molar-refractivity contribution in [3.05, 3.63) is 29.7 Å². The molecule has 0 aliphatic rings. The van der Waals surface area contributed by atoms with E-state index in [0.29, 0.717) is 16.7 Å². The van der Waals surface area contributed by atoms with Crippen LogP contribution in [0.1, 0.15) is 19.2 Å². The van der Waals surface area contributed by atoms with E-state index in [1.807, 2.05) is 10.8 Å². The predicted molar refractivity (Wildman–Crippen MR) is 64.7 cm³/mol. The lowest BCUT2D eigenvalue weighted by atomic mass is 10.3. The first-order valence-corrected chi connectivity index (χ1v) is 5.72. The number of hydrogen-bond acceptors (Lipinski definition) is 4. The van der Waals surface area contributed by atoms with Gasteiger partial charge in [-0.05, 0) is 6.42 Å². The van der Waals surface area contributed by atoms with Crippen molar-refractivity contribution < 1.29 is 4.74 Å². The van der Waals surface area contributed by atoms with Crippen molar-refractivity contribution in [2.24, 2.45) is 0 Å². The van der Waals surface area contributed by atoms with Gasteiger partial charge in [-0.1, -0.05) is 18.5 Å². The second-order valence-electron chi connectivity index (χ2n) is 3.48. The zero-order valence-corrected chi connectivity index (χ0v) is 10.5. The fourth-order valence-electron chi connectivity index (χ4n) is 1.63. The molecule has 0 unspecified atom stereocenters. The number of hydrogen-bond donors (Lipinski definition) is 0. The number of imidazole rings is 1. The SMILES string of the molecule is CCCc1nccn1-c1ncnc(Cl)c1OC. The molecule has 0 aromatic carbocycles. The summed E-state index contributed by atoms with van der Waals surface area (Å²) in [5, 5.41) is 0.300. The second kappa shape index (κ2) is 5.14. The Kier molecular flexibility index (Phi) is 3.58. The van der Waals surface area contributed by atoms with Crippen molar-refractivity contribution >= 4 is 11.6 Å². The summed E-state index contributed by atoms with van der Waals surface area (Å²) in [5.41, 5.74) is 0. The first-order valence-electron chi connectivity index (χ1n) is 5.35. The van der Waals surface area contributed by atoms with Gasteiger partial charge in [0.15, 0.2) is 16.7 Å². The summed E-state index contributed by atoms with van der Waals surface area (Å²) in [4.78, 5) is 12.4. The molecule has 0 amide bonds. The van der Waals surface area contributed by atoms with E-state index in [1.165, 1.54) is 6.33 Å². The highest BCUT2D eigenvalue weighted by Crippen LogP contribution is 2.27. The summed E-state index contributed by atoms with van der Waals surface area (Å²) in [6.07, 6.45) is 6.87. The van der Waals surface area contributed by atoms with Gasteiger partial charge in [-0.3, -0.25) is 4.57 Å². The number of ether oxygens (including phenoxy) is 1. The van der Waals surface area contributed by atoms with Crippen molar-refractivity contribution in [1.29, 1.82) is 0 Å². The van der Waals surface area contributed by atoms with Gasteiger partial charge in [-0.25, -0.2) is 15.0 Å². The molecule has 90 valence electrons. The number of aryl methyl sites for hydroxylation is 1. The standard InChI is InChI=1S/C11H13ClN4O/c1-3-4-8-13-5-6-16(8)11-9(17-2)10(12)14-7-15-11/h5-7H,3-4H2,1-2H3. The average Bonchev–Trinajstić information content (AvgIpc) is 2.77. The Morgan fingerprint density at radius 3 is 2.88 bits per heavy atom. The van der Waals surface area contributed by atoms with Crippen molar-refractivity contribution in [3.8, 4) is 11.6 Å². The number of halogens is 1. The van der Waals surface area contributed by atoms with Crippen LogP contribution in [0.5, 0.6) is 5.75 Å². The molecule has 2 heterocycles. The zero-order valence-electron chi connectivity index (χ0n) is 9.72. The molecule has 0 spiro atoms. The van der Waals surface area contributed by atoms with Gasteiger partial charge in [0.05, 0.1) is 7.11 Å². The van der Waals surface area contributed by atoms with E-state index in [0.717, 1.165) is 18.7 Å². The van der Waals surface area contributed by atoms with E-state index >= 15 is 0 Å². The van der Waals surface area contributed by atoms with Crippen LogP contribution in [0.25, 0.3) is 5.82 Å². The van der Waals surface area contributed by atoms with Crippen LogP contribution in [0.15, 0.2) is 18.7 Å². The van der Waals surface area contributed by atoms with Gasteiger partial charge < -0.3 is 4.74 Å². The van der Waals surface area contributed by atoms with Crippen LogP contribution >= 0.6 is 11.6 Å². The summed E-state index contributed by atoms with van der Waals surface area (Å²) >= 11 is 5.97. The molecular weight excluding hydrogens is 240 g/mol. The zero-order chi connectivity index (χ0) is 12.3. The third kappa shape index (κ3) is 2.24. The molecule has 0 fully saturated rings. The lowest BCUT2D eigenvalue weighted by Crippen LogP contribution is -2.05. The molecule has 0 saturated heterocycles. The van der Waals surface area contributed by atoms with E-state index in [1.54, 1.807) is 13.3 Å². The van der Waals surface area contributed by atoms with E-state index < -0.39 is 0 Å². The number of nitrogens with zero attached hydrogens (tertiary/aromatic N) is 4. The normalized spacial score (nSPS) is 10.5. The Bertz CT molecular complexity index is 512. The summed E-state index contributed by atoms with van der Waals surface area (Å²) in [6.45, 7) is 2.10. The van der Waals surface area contributed by atoms with Gasteiger partial charge in [0.2, 0.25) is 0 Å². The molecule has 5 nitrogen and oxygen atoms in total. The first kappa shape index (κ1) is 11.9. The van der Waals surface area contributed by atoms with E-state index in [2.05, 4.69) is 21.9 Å². The van der Waals surface area contributed by atoms with E-state index in [-0.39, 0.29) is 0 Å². The number of rotatable bonds is 4. The van der Waals surface area contributed by atoms with Crippen molar-refractivity contribution in [3.63, 3.8) is 0 Å². The first-order chi connectivity index (χ1) is 8.27. The van der Waals surface area contributed by atoms with Crippen LogP contribution in [-0.4, -0.2) is 26.6 Å². The fraction of sp³-hybridized carbons (Fsp3) is 0.364. The van der Waals surface area contributed by atoms with Gasteiger partial charge in [-0.2, -0.15) is 0 Å². The van der Waals surface area contributed by atoms with Crippen molar-refractivity contribution in [2.75, 3.05) is 7.11 Å². The maximum atomic E-state index is 5.97. The monoisotopic (exact) mass is 252 g/mol. The van der Waals surface area contributed by atoms with Gasteiger partial charge >= 0.3 is 0 Å². The third-order valence-corrected chi connectivity index (χ3v) is 2.63. The molecule has 6 heteroatoms. The van der Waals surface area contributed by atoms with Gasteiger partial charge in [-0.15, -0.1) is 0 Å². The molecule has 0 aliphatic heterocycles. The molecule has 0 aliphatic carbocycles. The molecule has 0 bridgehead atoms. The molecule has 2 rings (SSSR count). The number of aromatic nitrogens is 4. The Labute approximate surface area is 104 Å². The minimum Gasteiger partial charge on any atom is -0.490 e. The Hall–Kier alpha value is -1.62. The highest BCUT2D eigenvalue weighted by Gasteiger charge is 2.14. The number of methoxy groups -OCH3 is 1. The summed E-state index contributed by atoms with van der Waals surface area (Å²) in [5.74, 6) is 2.01. The van der Waals surface area contributed by atoms with Crippen LogP contribution in [0.3, 0.4) is 0 Å². The molecular formula is C11H13ClN4O. The third-order valence-electron chi connectivity index (χ3n) is 2.36. The summed E-state index contributed by atoms with van der Waals surface area (Å²) in [7, 11) is 1.55. The van der Waals surface area contributed by atoms with Crippen LogP contribution in [0.4, 0.5) is 0 Å². The Balaban J connectivity index is 2.52. The van der Waals surface area contributed by atoms with Gasteiger partial charge in [0.1, 0.15) is 12.2 Å². The average molecular weight is 253 g/mol.